The number of carbonyl (C=O) groups is 1. The summed E-state index contributed by atoms with van der Waals surface area (Å²) >= 11 is 7.55. The van der Waals surface area contributed by atoms with Gasteiger partial charge in [-0.05, 0) is 36.8 Å². The van der Waals surface area contributed by atoms with Gasteiger partial charge in [-0.3, -0.25) is 4.79 Å². The number of rotatable bonds is 6. The second-order valence-electron chi connectivity index (χ2n) is 4.28. The third kappa shape index (κ3) is 4.54. The highest BCUT2D eigenvalue weighted by Crippen LogP contribution is 2.21. The summed E-state index contributed by atoms with van der Waals surface area (Å²) in [6.07, 6.45) is 1.11. The average Bonchev–Trinajstić information content (AvgIpc) is 2.38. The molecule has 0 spiro atoms. The molecule has 0 bridgehead atoms. The first-order chi connectivity index (χ1) is 8.56. The molecule has 1 amide bonds. The Morgan fingerprint density at radius 1 is 1.39 bits per heavy atom. The van der Waals surface area contributed by atoms with Gasteiger partial charge in [0.15, 0.2) is 0 Å². The normalized spacial score (nSPS) is 12.2. The van der Waals surface area contributed by atoms with Gasteiger partial charge in [0.1, 0.15) is 0 Å². The predicted octanol–water partition coefficient (Wildman–Crippen LogP) is 4.00. The minimum Gasteiger partial charge on any atom is -0.338 e. The van der Waals surface area contributed by atoms with Crippen LogP contribution in [0.2, 0.25) is 5.02 Å². The monoisotopic (exact) mass is 285 g/mol. The molecule has 2 nitrogen and oxygen atoms in total. The molecule has 0 aliphatic carbocycles. The summed E-state index contributed by atoms with van der Waals surface area (Å²) in [6.45, 7) is 4.16. The molecule has 0 aliphatic rings. The molecule has 1 rings (SSSR count). The Morgan fingerprint density at radius 3 is 2.56 bits per heavy atom. The van der Waals surface area contributed by atoms with Crippen molar-refractivity contribution >= 4 is 29.3 Å². The Morgan fingerprint density at radius 2 is 2.00 bits per heavy atom. The fourth-order valence-corrected chi connectivity index (χ4v) is 2.52. The Bertz CT molecular complexity index is 380. The average molecular weight is 286 g/mol. The van der Waals surface area contributed by atoms with E-state index in [-0.39, 0.29) is 11.9 Å². The van der Waals surface area contributed by atoms with E-state index in [9.17, 15) is 4.79 Å². The lowest BCUT2D eigenvalue weighted by atomic mass is 10.1. The van der Waals surface area contributed by atoms with E-state index in [4.69, 9.17) is 11.6 Å². The Kier molecular flexibility index (Phi) is 6.58. The molecule has 1 aromatic carbocycles. The zero-order chi connectivity index (χ0) is 13.5. The van der Waals surface area contributed by atoms with E-state index in [1.807, 2.05) is 38.2 Å². The van der Waals surface area contributed by atoms with Gasteiger partial charge in [-0.1, -0.05) is 30.7 Å². The van der Waals surface area contributed by atoms with Crippen molar-refractivity contribution in [1.82, 2.24) is 4.90 Å². The summed E-state index contributed by atoms with van der Waals surface area (Å²) in [5.74, 6) is 1.77. The fourth-order valence-electron chi connectivity index (χ4n) is 1.59. The lowest BCUT2D eigenvalue weighted by molar-refractivity contribution is -0.128. The zero-order valence-electron chi connectivity index (χ0n) is 11.1. The molecule has 100 valence electrons. The molecular formula is C14H20ClNOS. The molecule has 1 aromatic rings. The number of thioether (sulfide) groups is 1. The number of amides is 1. The predicted molar refractivity (Wildman–Crippen MR) is 80.3 cm³/mol. The van der Waals surface area contributed by atoms with Crippen LogP contribution in [0.15, 0.2) is 24.3 Å². The zero-order valence-corrected chi connectivity index (χ0v) is 12.7. The van der Waals surface area contributed by atoms with Gasteiger partial charge in [0.2, 0.25) is 5.91 Å². The van der Waals surface area contributed by atoms with E-state index in [0.717, 1.165) is 22.8 Å². The van der Waals surface area contributed by atoms with Gasteiger partial charge in [0, 0.05) is 12.1 Å². The summed E-state index contributed by atoms with van der Waals surface area (Å²) in [6, 6.07) is 7.73. The summed E-state index contributed by atoms with van der Waals surface area (Å²) in [7, 11) is 1.86. The molecule has 0 radical (unpaired) electrons. The van der Waals surface area contributed by atoms with Crippen LogP contribution < -0.4 is 0 Å². The summed E-state index contributed by atoms with van der Waals surface area (Å²) in [5.41, 5.74) is 1.11. The first-order valence-corrected chi connectivity index (χ1v) is 7.68. The highest BCUT2D eigenvalue weighted by Gasteiger charge is 2.16. The molecule has 0 aliphatic heterocycles. The lowest BCUT2D eigenvalue weighted by Crippen LogP contribution is -2.31. The minimum atomic E-state index is 0.0805. The Hall–Kier alpha value is -0.670. The summed E-state index contributed by atoms with van der Waals surface area (Å²) in [4.78, 5) is 13.8. The quantitative estimate of drug-likeness (QED) is 0.736. The van der Waals surface area contributed by atoms with Crippen molar-refractivity contribution in [3.8, 4) is 0 Å². The first kappa shape index (κ1) is 15.4. The molecule has 1 unspecified atom stereocenters. The van der Waals surface area contributed by atoms with Crippen molar-refractivity contribution in [2.75, 3.05) is 18.6 Å². The minimum absolute atomic E-state index is 0.0805. The highest BCUT2D eigenvalue weighted by atomic mass is 35.5. The molecule has 1 atom stereocenters. The largest absolute Gasteiger partial charge is 0.338 e. The van der Waals surface area contributed by atoms with Gasteiger partial charge < -0.3 is 4.90 Å². The van der Waals surface area contributed by atoms with Crippen LogP contribution in [0.25, 0.3) is 0 Å². The van der Waals surface area contributed by atoms with Crippen molar-refractivity contribution in [3.63, 3.8) is 0 Å². The Balaban J connectivity index is 2.57. The highest BCUT2D eigenvalue weighted by molar-refractivity contribution is 7.99. The fraction of sp³-hybridized carbons (Fsp3) is 0.500. The van der Waals surface area contributed by atoms with Crippen molar-refractivity contribution in [2.45, 2.75) is 26.3 Å². The maximum absolute atomic E-state index is 12.0. The van der Waals surface area contributed by atoms with Crippen LogP contribution in [0, 0.1) is 0 Å². The van der Waals surface area contributed by atoms with E-state index in [2.05, 4.69) is 6.92 Å². The maximum atomic E-state index is 12.0. The number of benzene rings is 1. The lowest BCUT2D eigenvalue weighted by Gasteiger charge is -2.25. The molecular weight excluding hydrogens is 266 g/mol. The topological polar surface area (TPSA) is 20.3 Å². The molecule has 0 heterocycles. The van der Waals surface area contributed by atoms with Crippen LogP contribution in [-0.4, -0.2) is 29.4 Å². The number of hydrogen-bond acceptors (Lipinski definition) is 2. The van der Waals surface area contributed by atoms with Crippen molar-refractivity contribution < 1.29 is 4.79 Å². The van der Waals surface area contributed by atoms with Crippen molar-refractivity contribution in [1.29, 1.82) is 0 Å². The van der Waals surface area contributed by atoms with Crippen LogP contribution in [0.4, 0.5) is 0 Å². The van der Waals surface area contributed by atoms with Gasteiger partial charge in [0.05, 0.1) is 11.8 Å². The van der Waals surface area contributed by atoms with Gasteiger partial charge >= 0.3 is 0 Å². The van der Waals surface area contributed by atoms with E-state index in [1.54, 1.807) is 16.7 Å². The molecule has 0 N–H and O–H groups in total. The molecule has 0 fully saturated rings. The third-order valence-electron chi connectivity index (χ3n) is 2.90. The van der Waals surface area contributed by atoms with Crippen molar-refractivity contribution in [2.24, 2.45) is 0 Å². The second-order valence-corrected chi connectivity index (χ2v) is 5.83. The van der Waals surface area contributed by atoms with E-state index in [1.165, 1.54) is 0 Å². The number of hydrogen-bond donors (Lipinski definition) is 0. The van der Waals surface area contributed by atoms with Gasteiger partial charge in [-0.25, -0.2) is 0 Å². The molecule has 18 heavy (non-hydrogen) atoms. The van der Waals surface area contributed by atoms with Crippen molar-refractivity contribution in [3.05, 3.63) is 34.9 Å². The summed E-state index contributed by atoms with van der Waals surface area (Å²) in [5, 5.41) is 0.721. The van der Waals surface area contributed by atoms with E-state index < -0.39 is 0 Å². The molecule has 4 heteroatoms. The second kappa shape index (κ2) is 7.70. The van der Waals surface area contributed by atoms with Gasteiger partial charge in [0.25, 0.3) is 0 Å². The standard InChI is InChI=1S/C14H20ClNOS/c1-4-9-18-10-14(17)16(3)11(2)12-5-7-13(15)8-6-12/h5-8,11H,4,9-10H2,1-3H3. The van der Waals surface area contributed by atoms with Gasteiger partial charge in [-0.15, -0.1) is 0 Å². The number of carbonyl (C=O) groups excluding carboxylic acids is 1. The van der Waals surface area contributed by atoms with Crippen LogP contribution in [0.3, 0.4) is 0 Å². The van der Waals surface area contributed by atoms with Crippen LogP contribution >= 0.6 is 23.4 Å². The Labute approximate surface area is 119 Å². The molecule has 0 saturated carbocycles. The number of halogens is 1. The SMILES string of the molecule is CCCSCC(=O)N(C)C(C)c1ccc(Cl)cc1. The molecule has 0 saturated heterocycles. The van der Waals surface area contributed by atoms with Gasteiger partial charge in [-0.2, -0.15) is 11.8 Å². The number of nitrogens with zero attached hydrogens (tertiary/aromatic N) is 1. The maximum Gasteiger partial charge on any atom is 0.232 e. The smallest absolute Gasteiger partial charge is 0.232 e. The van der Waals surface area contributed by atoms with Crippen LogP contribution in [0.1, 0.15) is 31.9 Å². The van der Waals surface area contributed by atoms with Crippen LogP contribution in [0.5, 0.6) is 0 Å². The first-order valence-electron chi connectivity index (χ1n) is 6.15. The third-order valence-corrected chi connectivity index (χ3v) is 4.30. The molecule has 0 aromatic heterocycles. The van der Waals surface area contributed by atoms with E-state index in [0.29, 0.717) is 5.75 Å². The van der Waals surface area contributed by atoms with Crippen LogP contribution in [-0.2, 0) is 4.79 Å². The van der Waals surface area contributed by atoms with E-state index >= 15 is 0 Å². The summed E-state index contributed by atoms with van der Waals surface area (Å²) < 4.78 is 0.